The molecule has 0 saturated carbocycles. The number of nitrogens with zero attached hydrogens (tertiary/aromatic N) is 2. The van der Waals surface area contributed by atoms with Crippen LogP contribution in [0.5, 0.6) is 11.5 Å². The van der Waals surface area contributed by atoms with Crippen molar-refractivity contribution in [3.63, 3.8) is 0 Å². The zero-order valence-corrected chi connectivity index (χ0v) is 26.5. The minimum atomic E-state index is -4.25. The first-order valence-electron chi connectivity index (χ1n) is 13.3. The van der Waals surface area contributed by atoms with Gasteiger partial charge in [0.25, 0.3) is 10.0 Å². The number of sulfonamides is 1. The second kappa shape index (κ2) is 14.6. The van der Waals surface area contributed by atoms with Crippen molar-refractivity contribution in [2.75, 3.05) is 25.1 Å². The normalized spacial score (nSPS) is 12.6. The van der Waals surface area contributed by atoms with Crippen molar-refractivity contribution in [3.05, 3.63) is 82.3 Å². The minimum Gasteiger partial charge on any atom is -0.493 e. The summed E-state index contributed by atoms with van der Waals surface area (Å²) in [6, 6.07) is 16.1. The number of nitrogens with one attached hydrogen (secondary N) is 1. The number of amides is 2. The van der Waals surface area contributed by atoms with E-state index in [2.05, 4.69) is 5.32 Å². The Bertz CT molecular complexity index is 1480. The van der Waals surface area contributed by atoms with Gasteiger partial charge in [0.05, 0.1) is 24.8 Å². The first-order valence-corrected chi connectivity index (χ1v) is 15.5. The van der Waals surface area contributed by atoms with Crippen molar-refractivity contribution in [3.8, 4) is 11.5 Å². The predicted molar refractivity (Wildman–Crippen MR) is 165 cm³/mol. The molecule has 1 N–H and O–H groups in total. The summed E-state index contributed by atoms with van der Waals surface area (Å²) < 4.78 is 39.6. The summed E-state index contributed by atoms with van der Waals surface area (Å²) in [7, 11) is -1.36. The van der Waals surface area contributed by atoms with Crippen molar-refractivity contribution in [2.45, 2.75) is 50.7 Å². The molecule has 12 heteroatoms. The summed E-state index contributed by atoms with van der Waals surface area (Å²) in [5, 5.41) is 3.51. The molecule has 0 unspecified atom stereocenters. The molecule has 0 fully saturated rings. The van der Waals surface area contributed by atoms with Gasteiger partial charge in [0.2, 0.25) is 11.8 Å². The summed E-state index contributed by atoms with van der Waals surface area (Å²) >= 11 is 12.9. The predicted octanol–water partition coefficient (Wildman–Crippen LogP) is 5.54. The lowest BCUT2D eigenvalue weighted by Gasteiger charge is -2.33. The zero-order valence-electron chi connectivity index (χ0n) is 24.1. The van der Waals surface area contributed by atoms with E-state index in [0.29, 0.717) is 27.8 Å². The van der Waals surface area contributed by atoms with Gasteiger partial charge in [0.1, 0.15) is 12.6 Å². The Kier molecular flexibility index (Phi) is 11.5. The Morgan fingerprint density at radius 3 is 2.10 bits per heavy atom. The molecule has 0 saturated heterocycles. The number of rotatable bonds is 13. The molecule has 0 aromatic heterocycles. The topological polar surface area (TPSA) is 105 Å². The number of benzene rings is 3. The molecule has 9 nitrogen and oxygen atoms in total. The van der Waals surface area contributed by atoms with E-state index in [9.17, 15) is 18.0 Å². The fourth-order valence-electron chi connectivity index (χ4n) is 4.13. The van der Waals surface area contributed by atoms with Crippen molar-refractivity contribution in [1.29, 1.82) is 0 Å². The van der Waals surface area contributed by atoms with Gasteiger partial charge in [0, 0.05) is 34.3 Å². The number of hydrogen-bond acceptors (Lipinski definition) is 6. The number of carbonyl (C=O) groups is 2. The highest BCUT2D eigenvalue weighted by Gasteiger charge is 2.33. The second-order valence-corrected chi connectivity index (χ2v) is 12.3. The number of ether oxygens (including phenoxy) is 2. The van der Waals surface area contributed by atoms with E-state index in [1.807, 2.05) is 13.8 Å². The lowest BCUT2D eigenvalue weighted by Crippen LogP contribution is -2.52. The highest BCUT2D eigenvalue weighted by molar-refractivity contribution is 7.92. The first-order chi connectivity index (χ1) is 19.9. The van der Waals surface area contributed by atoms with Gasteiger partial charge >= 0.3 is 0 Å². The van der Waals surface area contributed by atoms with Gasteiger partial charge in [-0.1, -0.05) is 54.4 Å². The fraction of sp³-hybridized carbons (Fsp3) is 0.333. The molecule has 2 atom stereocenters. The van der Waals surface area contributed by atoms with E-state index in [-0.39, 0.29) is 28.9 Å². The molecule has 2 amide bonds. The van der Waals surface area contributed by atoms with E-state index < -0.39 is 34.4 Å². The van der Waals surface area contributed by atoms with Gasteiger partial charge in [0.15, 0.2) is 11.5 Å². The first kappa shape index (κ1) is 33.0. The monoisotopic (exact) mass is 635 g/mol. The molecule has 0 aliphatic rings. The molecule has 3 aromatic carbocycles. The van der Waals surface area contributed by atoms with E-state index in [4.69, 9.17) is 32.7 Å². The van der Waals surface area contributed by atoms with Gasteiger partial charge in [-0.3, -0.25) is 13.9 Å². The lowest BCUT2D eigenvalue weighted by molar-refractivity contribution is -0.139. The molecule has 0 aliphatic heterocycles. The zero-order chi connectivity index (χ0) is 31.0. The van der Waals surface area contributed by atoms with Crippen LogP contribution in [0.2, 0.25) is 10.0 Å². The largest absolute Gasteiger partial charge is 0.493 e. The molecule has 42 heavy (non-hydrogen) atoms. The third kappa shape index (κ3) is 7.67. The Hall–Kier alpha value is -3.47. The molecule has 0 spiro atoms. The maximum atomic E-state index is 14.1. The Morgan fingerprint density at radius 1 is 0.905 bits per heavy atom. The number of methoxy groups -OCH3 is 2. The summed E-state index contributed by atoms with van der Waals surface area (Å²) in [5.74, 6) is -0.386. The molecule has 226 valence electrons. The average Bonchev–Trinajstić information content (AvgIpc) is 2.99. The van der Waals surface area contributed by atoms with Crippen molar-refractivity contribution in [1.82, 2.24) is 10.2 Å². The quantitative estimate of drug-likeness (QED) is 0.264. The SMILES string of the molecule is CC[C@H](C)NC(=O)[C@@H](C)N(Cc1c(Cl)cccc1Cl)C(=O)CN(c1ccc(OC)c(OC)c1)S(=O)(=O)c1ccccc1. The Labute approximate surface area is 257 Å². The molecule has 0 bridgehead atoms. The van der Waals surface area contributed by atoms with Crippen LogP contribution >= 0.6 is 23.2 Å². The van der Waals surface area contributed by atoms with Crippen molar-refractivity contribution < 1.29 is 27.5 Å². The molecule has 3 aromatic rings. The molecular weight excluding hydrogens is 601 g/mol. The Balaban J connectivity index is 2.11. The van der Waals surface area contributed by atoms with Crippen LogP contribution in [-0.2, 0) is 26.2 Å². The van der Waals surface area contributed by atoms with Gasteiger partial charge < -0.3 is 19.7 Å². The van der Waals surface area contributed by atoms with Crippen LogP contribution in [0.1, 0.15) is 32.8 Å². The summed E-state index contributed by atoms with van der Waals surface area (Å²) in [6.07, 6.45) is 0.686. The minimum absolute atomic E-state index is 0.0177. The van der Waals surface area contributed by atoms with Crippen LogP contribution in [0.4, 0.5) is 5.69 Å². The third-order valence-electron chi connectivity index (χ3n) is 6.82. The second-order valence-electron chi connectivity index (χ2n) is 9.58. The molecule has 0 radical (unpaired) electrons. The van der Waals surface area contributed by atoms with E-state index in [1.165, 1.54) is 43.4 Å². The van der Waals surface area contributed by atoms with Gasteiger partial charge in [-0.15, -0.1) is 0 Å². The molecule has 0 heterocycles. The van der Waals surface area contributed by atoms with Crippen LogP contribution in [-0.4, -0.2) is 58.0 Å². The van der Waals surface area contributed by atoms with Gasteiger partial charge in [-0.05, 0) is 56.7 Å². The highest BCUT2D eigenvalue weighted by Crippen LogP contribution is 2.34. The molecule has 3 rings (SSSR count). The number of carbonyl (C=O) groups excluding carboxylic acids is 2. The van der Waals surface area contributed by atoms with Gasteiger partial charge in [-0.25, -0.2) is 8.42 Å². The number of anilines is 1. The smallest absolute Gasteiger partial charge is 0.264 e. The third-order valence-corrected chi connectivity index (χ3v) is 9.32. The summed E-state index contributed by atoms with van der Waals surface area (Å²) in [6.45, 7) is 4.60. The van der Waals surface area contributed by atoms with Crippen molar-refractivity contribution in [2.24, 2.45) is 0 Å². The van der Waals surface area contributed by atoms with E-state index in [0.717, 1.165) is 4.31 Å². The van der Waals surface area contributed by atoms with Crippen LogP contribution in [0, 0.1) is 0 Å². The fourth-order valence-corrected chi connectivity index (χ4v) is 6.07. The van der Waals surface area contributed by atoms with Crippen LogP contribution in [0.3, 0.4) is 0 Å². The van der Waals surface area contributed by atoms with E-state index >= 15 is 0 Å². The summed E-state index contributed by atoms with van der Waals surface area (Å²) in [4.78, 5) is 28.6. The lowest BCUT2D eigenvalue weighted by atomic mass is 10.1. The van der Waals surface area contributed by atoms with Crippen molar-refractivity contribution >= 4 is 50.7 Å². The molecular formula is C30H35Cl2N3O6S. The number of halogens is 2. The average molecular weight is 637 g/mol. The van der Waals surface area contributed by atoms with Crippen LogP contribution in [0.15, 0.2) is 71.6 Å². The number of hydrogen-bond donors (Lipinski definition) is 1. The van der Waals surface area contributed by atoms with Crippen LogP contribution in [0.25, 0.3) is 0 Å². The van der Waals surface area contributed by atoms with E-state index in [1.54, 1.807) is 49.4 Å². The summed E-state index contributed by atoms with van der Waals surface area (Å²) in [5.41, 5.74) is 0.596. The van der Waals surface area contributed by atoms with Gasteiger partial charge in [-0.2, -0.15) is 0 Å². The maximum absolute atomic E-state index is 14.1. The standard InChI is InChI=1S/C30H35Cl2N3O6S/c1-6-20(2)33-30(37)21(3)34(18-24-25(31)13-10-14-26(24)32)29(36)19-35(42(38,39)23-11-8-7-9-12-23)22-15-16-27(40-4)28(17-22)41-5/h7-17,20-21H,6,18-19H2,1-5H3,(H,33,37)/t20-,21+/m0/s1. The molecule has 0 aliphatic carbocycles. The highest BCUT2D eigenvalue weighted by atomic mass is 35.5. The Morgan fingerprint density at radius 2 is 1.52 bits per heavy atom. The van der Waals surface area contributed by atoms with Crippen LogP contribution < -0.4 is 19.1 Å². The maximum Gasteiger partial charge on any atom is 0.264 e.